The van der Waals surface area contributed by atoms with Crippen LogP contribution in [0, 0.1) is 0 Å². The van der Waals surface area contributed by atoms with Gasteiger partial charge in [0, 0.05) is 36.4 Å². The zero-order chi connectivity index (χ0) is 23.5. The van der Waals surface area contributed by atoms with E-state index in [4.69, 9.17) is 21.1 Å². The number of aromatic nitrogens is 1. The number of ether oxygens (including phenoxy) is 2. The molecule has 0 radical (unpaired) electrons. The maximum atomic E-state index is 11.2. The van der Waals surface area contributed by atoms with Crippen LogP contribution in [-0.4, -0.2) is 41.7 Å². The summed E-state index contributed by atoms with van der Waals surface area (Å²) in [5.41, 5.74) is 4.26. The van der Waals surface area contributed by atoms with Crippen LogP contribution in [0.25, 0.3) is 5.57 Å². The lowest BCUT2D eigenvalue weighted by Gasteiger charge is -2.38. The lowest BCUT2D eigenvalue weighted by molar-refractivity contribution is -0.0254. The molecule has 0 bridgehead atoms. The Morgan fingerprint density at radius 2 is 1.91 bits per heavy atom. The van der Waals surface area contributed by atoms with Gasteiger partial charge in [-0.2, -0.15) is 0 Å². The van der Waals surface area contributed by atoms with Crippen LogP contribution in [0.1, 0.15) is 41.6 Å². The minimum atomic E-state index is -0.783. The average molecular weight is 477 g/mol. The van der Waals surface area contributed by atoms with Gasteiger partial charge < -0.3 is 19.5 Å². The first-order valence-electron chi connectivity index (χ1n) is 11.7. The van der Waals surface area contributed by atoms with Crippen molar-refractivity contribution in [3.63, 3.8) is 0 Å². The Labute approximate surface area is 205 Å². The first-order chi connectivity index (χ1) is 16.6. The van der Waals surface area contributed by atoms with Gasteiger partial charge in [0.05, 0.1) is 24.0 Å². The molecule has 3 aromatic rings. The average Bonchev–Trinajstić information content (AvgIpc) is 3.03. The predicted molar refractivity (Wildman–Crippen MR) is 134 cm³/mol. The first-order valence-corrected chi connectivity index (χ1v) is 12.1. The van der Waals surface area contributed by atoms with Gasteiger partial charge in [0.2, 0.25) is 0 Å². The summed E-state index contributed by atoms with van der Waals surface area (Å²) in [4.78, 5) is 6.98. The number of aliphatic hydroxyl groups is 1. The molecule has 0 spiro atoms. The van der Waals surface area contributed by atoms with Crippen molar-refractivity contribution in [2.24, 2.45) is 0 Å². The third-order valence-corrected chi connectivity index (χ3v) is 7.13. The van der Waals surface area contributed by atoms with E-state index in [-0.39, 0.29) is 0 Å². The molecule has 2 aliphatic rings. The molecule has 1 fully saturated rings. The largest absolute Gasteiger partial charge is 0.496 e. The second kappa shape index (κ2) is 9.79. The fourth-order valence-corrected chi connectivity index (χ4v) is 5.07. The monoisotopic (exact) mass is 476 g/mol. The Hall–Kier alpha value is -2.86. The van der Waals surface area contributed by atoms with E-state index in [1.165, 1.54) is 0 Å². The molecule has 176 valence electrons. The van der Waals surface area contributed by atoms with Gasteiger partial charge in [0.15, 0.2) is 0 Å². The zero-order valence-corrected chi connectivity index (χ0v) is 20.1. The van der Waals surface area contributed by atoms with Gasteiger partial charge in [0.25, 0.3) is 0 Å². The van der Waals surface area contributed by atoms with Crippen LogP contribution in [0.2, 0.25) is 5.02 Å². The molecule has 5 nitrogen and oxygen atoms in total. The third-order valence-electron chi connectivity index (χ3n) is 6.88. The molecule has 0 atom stereocenters. The molecule has 2 aliphatic heterocycles. The fraction of sp³-hybridized carbons (Fsp3) is 0.321. The van der Waals surface area contributed by atoms with E-state index >= 15 is 0 Å². The van der Waals surface area contributed by atoms with E-state index < -0.39 is 5.60 Å². The molecule has 34 heavy (non-hydrogen) atoms. The van der Waals surface area contributed by atoms with Crippen molar-refractivity contribution >= 4 is 17.2 Å². The van der Waals surface area contributed by atoms with E-state index in [2.05, 4.69) is 22.0 Å². The van der Waals surface area contributed by atoms with Crippen LogP contribution in [0.4, 0.5) is 0 Å². The van der Waals surface area contributed by atoms with Gasteiger partial charge in [-0.25, -0.2) is 0 Å². The molecular weight excluding hydrogens is 448 g/mol. The highest BCUT2D eigenvalue weighted by molar-refractivity contribution is 6.30. The lowest BCUT2D eigenvalue weighted by Crippen LogP contribution is -2.42. The Balaban J connectivity index is 1.33. The summed E-state index contributed by atoms with van der Waals surface area (Å²) in [6, 6.07) is 17.6. The quantitative estimate of drug-likeness (QED) is 0.531. The van der Waals surface area contributed by atoms with Crippen molar-refractivity contribution in [3.8, 4) is 11.5 Å². The van der Waals surface area contributed by atoms with Crippen molar-refractivity contribution in [1.82, 2.24) is 9.88 Å². The summed E-state index contributed by atoms with van der Waals surface area (Å²) < 4.78 is 11.8. The summed E-state index contributed by atoms with van der Waals surface area (Å²) in [5, 5.41) is 11.9. The molecular formula is C28H29ClN2O3. The second-order valence-corrected chi connectivity index (χ2v) is 9.34. The minimum absolute atomic E-state index is 0.434. The number of nitrogens with zero attached hydrogens (tertiary/aromatic N) is 2. The van der Waals surface area contributed by atoms with Gasteiger partial charge in [-0.05, 0) is 60.7 Å². The first kappa shape index (κ1) is 22.9. The van der Waals surface area contributed by atoms with Gasteiger partial charge in [-0.3, -0.25) is 4.98 Å². The number of likely N-dealkylation sites (tertiary alicyclic amines) is 1. The molecule has 6 heteroatoms. The van der Waals surface area contributed by atoms with Crippen LogP contribution in [0.5, 0.6) is 11.5 Å². The Bertz CT molecular complexity index is 1180. The van der Waals surface area contributed by atoms with E-state index in [1.807, 2.05) is 54.7 Å². The highest BCUT2D eigenvalue weighted by Crippen LogP contribution is 2.42. The maximum absolute atomic E-state index is 11.2. The Kier molecular flexibility index (Phi) is 6.59. The van der Waals surface area contributed by atoms with Gasteiger partial charge in [-0.15, -0.1) is 0 Å². The van der Waals surface area contributed by atoms with Crippen LogP contribution >= 0.6 is 11.6 Å². The number of pyridine rings is 1. The molecule has 1 saturated heterocycles. The smallest absolute Gasteiger partial charge is 0.131 e. The predicted octanol–water partition coefficient (Wildman–Crippen LogP) is 5.44. The minimum Gasteiger partial charge on any atom is -0.496 e. The van der Waals surface area contributed by atoms with E-state index in [0.29, 0.717) is 24.5 Å². The van der Waals surface area contributed by atoms with Crippen LogP contribution < -0.4 is 9.47 Å². The summed E-state index contributed by atoms with van der Waals surface area (Å²) in [5.74, 6) is 1.61. The summed E-state index contributed by atoms with van der Waals surface area (Å²) in [7, 11) is 1.69. The van der Waals surface area contributed by atoms with Gasteiger partial charge in [0.1, 0.15) is 18.1 Å². The number of hydrogen-bond donors (Lipinski definition) is 1. The van der Waals surface area contributed by atoms with E-state index in [0.717, 1.165) is 65.5 Å². The standard InChI is InChI=1S/C28H29ClN2O3/c1-33-25-7-2-8-26-27(25)23(22-5-3-15-30-24(22)19-34-26)6-4-16-31-17-13-28(32,14-18-31)20-9-11-21(29)12-10-20/h2-3,5-12,15,32H,4,13-14,16-19H2,1H3. The molecule has 2 aromatic carbocycles. The molecule has 5 rings (SSSR count). The topological polar surface area (TPSA) is 54.8 Å². The molecule has 3 heterocycles. The molecule has 1 aromatic heterocycles. The van der Waals surface area contributed by atoms with Gasteiger partial charge >= 0.3 is 0 Å². The summed E-state index contributed by atoms with van der Waals surface area (Å²) in [6.45, 7) is 3.05. The summed E-state index contributed by atoms with van der Waals surface area (Å²) >= 11 is 6.02. The highest BCUT2D eigenvalue weighted by atomic mass is 35.5. The van der Waals surface area contributed by atoms with Crippen molar-refractivity contribution in [1.29, 1.82) is 0 Å². The second-order valence-electron chi connectivity index (χ2n) is 8.91. The molecule has 0 saturated carbocycles. The van der Waals surface area contributed by atoms with Crippen LogP contribution in [-0.2, 0) is 12.2 Å². The van der Waals surface area contributed by atoms with Crippen molar-refractivity contribution in [3.05, 3.63) is 94.3 Å². The Morgan fingerprint density at radius 3 is 2.68 bits per heavy atom. The molecule has 0 aliphatic carbocycles. The SMILES string of the molecule is COc1cccc2c1C(=CCCN1CCC(O)(c3ccc(Cl)cc3)CC1)c1cccnc1CO2. The van der Waals surface area contributed by atoms with Crippen molar-refractivity contribution in [2.75, 3.05) is 26.7 Å². The molecule has 0 unspecified atom stereocenters. The fourth-order valence-electron chi connectivity index (χ4n) is 4.94. The number of rotatable bonds is 5. The van der Waals surface area contributed by atoms with Crippen molar-refractivity contribution in [2.45, 2.75) is 31.5 Å². The number of halogens is 1. The van der Waals surface area contributed by atoms with Gasteiger partial charge in [-0.1, -0.05) is 41.9 Å². The Morgan fingerprint density at radius 1 is 1.12 bits per heavy atom. The van der Waals surface area contributed by atoms with E-state index in [1.54, 1.807) is 7.11 Å². The number of benzene rings is 2. The normalized spacial score (nSPS) is 18.5. The number of methoxy groups -OCH3 is 1. The zero-order valence-electron chi connectivity index (χ0n) is 19.3. The molecule has 1 N–H and O–H groups in total. The summed E-state index contributed by atoms with van der Waals surface area (Å²) in [6.07, 6.45) is 6.38. The highest BCUT2D eigenvalue weighted by Gasteiger charge is 2.33. The lowest BCUT2D eigenvalue weighted by atomic mass is 9.84. The van der Waals surface area contributed by atoms with Crippen molar-refractivity contribution < 1.29 is 14.6 Å². The number of fused-ring (bicyclic) bond motifs is 2. The maximum Gasteiger partial charge on any atom is 0.131 e. The molecule has 0 amide bonds. The van der Waals surface area contributed by atoms with Crippen LogP contribution in [0.15, 0.2) is 66.9 Å². The third kappa shape index (κ3) is 4.56. The number of piperidine rings is 1. The van der Waals surface area contributed by atoms with E-state index in [9.17, 15) is 5.11 Å². The van der Waals surface area contributed by atoms with Crippen LogP contribution in [0.3, 0.4) is 0 Å². The number of hydrogen-bond acceptors (Lipinski definition) is 5.